The highest BCUT2D eigenvalue weighted by atomic mass is 32.1. The fourth-order valence-electron chi connectivity index (χ4n) is 3.61. The third-order valence-electron chi connectivity index (χ3n) is 5.23. The van der Waals surface area contributed by atoms with Crippen LogP contribution in [0.4, 0.5) is 20.2 Å². The maximum atomic E-state index is 13.5. The van der Waals surface area contributed by atoms with Gasteiger partial charge in [0.05, 0.1) is 32.1 Å². The van der Waals surface area contributed by atoms with E-state index in [9.17, 15) is 8.78 Å². The smallest absolute Gasteiger partial charge is 0.160 e. The van der Waals surface area contributed by atoms with Gasteiger partial charge in [-0.2, -0.15) is 0 Å². The van der Waals surface area contributed by atoms with Crippen LogP contribution in [0.1, 0.15) is 24.8 Å². The zero-order valence-electron chi connectivity index (χ0n) is 20.1. The first-order valence-electron chi connectivity index (χ1n) is 10.9. The molecule has 1 fully saturated rings. The number of carbonyl (C=O) groups is 2. The first-order valence-corrected chi connectivity index (χ1v) is 11.3. The van der Waals surface area contributed by atoms with E-state index in [1.165, 1.54) is 6.07 Å². The van der Waals surface area contributed by atoms with Crippen molar-refractivity contribution >= 4 is 42.2 Å². The van der Waals surface area contributed by atoms with E-state index < -0.39 is 11.6 Å². The molecule has 1 saturated heterocycles. The van der Waals surface area contributed by atoms with Crippen LogP contribution < -0.4 is 15.0 Å². The van der Waals surface area contributed by atoms with Gasteiger partial charge in [0.15, 0.2) is 11.6 Å². The number of hydrogen-bond acceptors (Lipinski definition) is 7. The van der Waals surface area contributed by atoms with Crippen molar-refractivity contribution in [2.24, 2.45) is 0 Å². The summed E-state index contributed by atoms with van der Waals surface area (Å²) in [6, 6.07) is 9.29. The largest absolute Gasteiger partial charge is 0.495 e. The van der Waals surface area contributed by atoms with Gasteiger partial charge in [-0.3, -0.25) is 0 Å². The van der Waals surface area contributed by atoms with Crippen molar-refractivity contribution in [2.75, 3.05) is 50.7 Å². The Morgan fingerprint density at radius 2 is 1.80 bits per heavy atom. The molecule has 0 saturated carbocycles. The normalized spacial score (nSPS) is 15.0. The molecule has 0 bridgehead atoms. The van der Waals surface area contributed by atoms with Gasteiger partial charge in [0, 0.05) is 37.5 Å². The summed E-state index contributed by atoms with van der Waals surface area (Å²) in [6.45, 7) is 6.76. The minimum absolute atomic E-state index is 0.110. The van der Waals surface area contributed by atoms with E-state index in [0.29, 0.717) is 23.9 Å². The van der Waals surface area contributed by atoms with E-state index in [1.807, 2.05) is 31.8 Å². The lowest BCUT2D eigenvalue weighted by molar-refractivity contribution is -0.0987. The molecule has 2 aromatic rings. The summed E-state index contributed by atoms with van der Waals surface area (Å²) >= 11 is 5.51. The minimum atomic E-state index is -0.924. The molecule has 2 aromatic carbocycles. The number of nitrogens with zero attached hydrogens (tertiary/aromatic N) is 1. The summed E-state index contributed by atoms with van der Waals surface area (Å²) in [5, 5.41) is 2.98. The summed E-state index contributed by atoms with van der Waals surface area (Å²) in [7, 11) is 3.30. The number of benzene rings is 2. The maximum absolute atomic E-state index is 13.5. The second-order valence-corrected chi connectivity index (χ2v) is 7.81. The molecule has 1 aliphatic rings. The molecule has 7 nitrogen and oxygen atoms in total. The van der Waals surface area contributed by atoms with Crippen LogP contribution in [0.2, 0.25) is 0 Å². The number of halogens is 2. The minimum Gasteiger partial charge on any atom is -0.495 e. The number of hydrogen-bond donors (Lipinski definition) is 1. The van der Waals surface area contributed by atoms with Crippen molar-refractivity contribution in [3.63, 3.8) is 0 Å². The number of rotatable bonds is 8. The van der Waals surface area contributed by atoms with Crippen LogP contribution >= 0.6 is 12.2 Å². The standard InChI is InChI=1S/C23H28F2N2O3S.2CH2O/c1-28-11-12-30-18-5-3-4-10-27(15-18)21-13-16(6-9-22(21)29-2)23(31)26-17-7-8-19(24)20(25)14-17;2*1-2/h6-9,13-14,18H,3-5,10-12,15H2,1-2H3,(H,26,31);2*1H2. The van der Waals surface area contributed by atoms with Crippen LogP contribution in [0.3, 0.4) is 0 Å². The molecule has 0 aliphatic carbocycles. The first kappa shape index (κ1) is 30.1. The van der Waals surface area contributed by atoms with Crippen LogP contribution in [-0.4, -0.2) is 65.2 Å². The van der Waals surface area contributed by atoms with E-state index in [2.05, 4.69) is 10.2 Å². The number of ether oxygens (including phenoxy) is 3. The van der Waals surface area contributed by atoms with Crippen molar-refractivity contribution in [3.05, 3.63) is 53.6 Å². The molecule has 0 amide bonds. The quantitative estimate of drug-likeness (QED) is 0.413. The van der Waals surface area contributed by atoms with Crippen LogP contribution in [0.15, 0.2) is 36.4 Å². The average Bonchev–Trinajstić information content (AvgIpc) is 3.14. The van der Waals surface area contributed by atoms with E-state index in [-0.39, 0.29) is 6.10 Å². The van der Waals surface area contributed by atoms with Crippen molar-refractivity contribution < 1.29 is 32.6 Å². The maximum Gasteiger partial charge on any atom is 0.160 e. The first-order chi connectivity index (χ1) is 17.0. The van der Waals surface area contributed by atoms with Crippen molar-refractivity contribution in [2.45, 2.75) is 25.4 Å². The van der Waals surface area contributed by atoms with E-state index >= 15 is 0 Å². The highest BCUT2D eigenvalue weighted by Crippen LogP contribution is 2.32. The Hall–Kier alpha value is -2.95. The van der Waals surface area contributed by atoms with Crippen LogP contribution in [-0.2, 0) is 19.1 Å². The Labute approximate surface area is 210 Å². The average molecular weight is 511 g/mol. The third-order valence-corrected chi connectivity index (χ3v) is 5.57. The fourth-order valence-corrected chi connectivity index (χ4v) is 3.86. The molecule has 1 N–H and O–H groups in total. The van der Waals surface area contributed by atoms with E-state index in [4.69, 9.17) is 36.0 Å². The van der Waals surface area contributed by atoms with Gasteiger partial charge in [0.2, 0.25) is 0 Å². The van der Waals surface area contributed by atoms with Crippen molar-refractivity contribution in [1.82, 2.24) is 0 Å². The molecule has 1 aliphatic heterocycles. The Balaban J connectivity index is 0.00000145. The second-order valence-electron chi connectivity index (χ2n) is 7.40. The SMILES string of the molecule is C=O.C=O.COCCOC1CCCCN(c2cc(C(=S)Nc3ccc(F)c(F)c3)ccc2OC)C1. The summed E-state index contributed by atoms with van der Waals surface area (Å²) in [5.41, 5.74) is 2.08. The van der Waals surface area contributed by atoms with Crippen LogP contribution in [0.25, 0.3) is 0 Å². The van der Waals surface area contributed by atoms with Gasteiger partial charge in [-0.25, -0.2) is 8.78 Å². The predicted octanol–water partition coefficient (Wildman–Crippen LogP) is 4.41. The Morgan fingerprint density at radius 1 is 1.06 bits per heavy atom. The number of thiocarbonyl (C=S) groups is 1. The number of anilines is 2. The highest BCUT2D eigenvalue weighted by Gasteiger charge is 2.22. The molecule has 1 heterocycles. The Morgan fingerprint density at radius 3 is 2.46 bits per heavy atom. The van der Waals surface area contributed by atoms with Crippen molar-refractivity contribution in [3.8, 4) is 5.75 Å². The summed E-state index contributed by atoms with van der Waals surface area (Å²) in [4.78, 5) is 18.7. The molecule has 10 heteroatoms. The predicted molar refractivity (Wildman–Crippen MR) is 137 cm³/mol. The molecule has 0 radical (unpaired) electrons. The van der Waals surface area contributed by atoms with Gasteiger partial charge < -0.3 is 34.0 Å². The molecular formula is C25H32F2N2O5S. The molecule has 3 rings (SSSR count). The zero-order chi connectivity index (χ0) is 26.2. The molecule has 192 valence electrons. The lowest BCUT2D eigenvalue weighted by atomic mass is 10.1. The lowest BCUT2D eigenvalue weighted by Gasteiger charge is -2.28. The zero-order valence-corrected chi connectivity index (χ0v) is 20.9. The lowest BCUT2D eigenvalue weighted by Crippen LogP contribution is -2.33. The van der Waals surface area contributed by atoms with Gasteiger partial charge >= 0.3 is 0 Å². The molecular weight excluding hydrogens is 478 g/mol. The molecule has 0 spiro atoms. The second kappa shape index (κ2) is 16.6. The Bertz CT molecular complexity index is 933. The van der Waals surface area contributed by atoms with Crippen LogP contribution in [0, 0.1) is 11.6 Å². The summed E-state index contributed by atoms with van der Waals surface area (Å²) < 4.78 is 43.4. The molecule has 1 unspecified atom stereocenters. The highest BCUT2D eigenvalue weighted by molar-refractivity contribution is 7.81. The molecule has 0 aromatic heterocycles. The third kappa shape index (κ3) is 9.31. The van der Waals surface area contributed by atoms with E-state index in [0.717, 1.165) is 61.5 Å². The number of methoxy groups -OCH3 is 2. The molecule has 1 atom stereocenters. The number of carbonyl (C=O) groups excluding carboxylic acids is 2. The fraction of sp³-hybridized carbons (Fsp3) is 0.400. The van der Waals surface area contributed by atoms with Gasteiger partial charge in [-0.15, -0.1) is 0 Å². The topological polar surface area (TPSA) is 77.1 Å². The van der Waals surface area contributed by atoms with Gasteiger partial charge in [-0.05, 0) is 49.6 Å². The molecule has 35 heavy (non-hydrogen) atoms. The number of nitrogens with one attached hydrogen (secondary N) is 1. The summed E-state index contributed by atoms with van der Waals surface area (Å²) in [5.74, 6) is -1.07. The van der Waals surface area contributed by atoms with Crippen LogP contribution in [0.5, 0.6) is 5.75 Å². The van der Waals surface area contributed by atoms with E-state index in [1.54, 1.807) is 14.2 Å². The monoisotopic (exact) mass is 510 g/mol. The Kier molecular flexibility index (Phi) is 14.3. The van der Waals surface area contributed by atoms with Crippen molar-refractivity contribution in [1.29, 1.82) is 0 Å². The van der Waals surface area contributed by atoms with Gasteiger partial charge in [0.25, 0.3) is 0 Å². The van der Waals surface area contributed by atoms with Gasteiger partial charge in [0.1, 0.15) is 24.3 Å². The van der Waals surface area contributed by atoms with Gasteiger partial charge in [-0.1, -0.05) is 12.2 Å². The summed E-state index contributed by atoms with van der Waals surface area (Å²) in [6.07, 6.45) is 3.25.